The summed E-state index contributed by atoms with van der Waals surface area (Å²) in [5, 5.41) is 9.25. The topological polar surface area (TPSA) is 23.8 Å². The third kappa shape index (κ3) is 3.10. The SMILES string of the molecule is CCc1ccc(/C=C(\C#N)c2ccc(Br)cc2)s1. The summed E-state index contributed by atoms with van der Waals surface area (Å²) < 4.78 is 1.02. The number of nitriles is 1. The minimum atomic E-state index is 0.701. The number of rotatable bonds is 3. The molecule has 0 aliphatic rings. The Labute approximate surface area is 120 Å². The molecule has 0 saturated carbocycles. The van der Waals surface area contributed by atoms with Crippen LogP contribution < -0.4 is 0 Å². The molecule has 3 heteroatoms. The van der Waals surface area contributed by atoms with Crippen molar-refractivity contribution in [2.75, 3.05) is 0 Å². The van der Waals surface area contributed by atoms with E-state index >= 15 is 0 Å². The molecular formula is C15H12BrNS. The van der Waals surface area contributed by atoms with Crippen molar-refractivity contribution in [3.8, 4) is 6.07 Å². The van der Waals surface area contributed by atoms with Gasteiger partial charge in [-0.1, -0.05) is 35.0 Å². The van der Waals surface area contributed by atoms with E-state index in [9.17, 15) is 5.26 Å². The van der Waals surface area contributed by atoms with Crippen molar-refractivity contribution >= 4 is 38.9 Å². The van der Waals surface area contributed by atoms with Gasteiger partial charge >= 0.3 is 0 Å². The molecule has 1 aromatic carbocycles. The molecule has 0 aliphatic heterocycles. The molecule has 2 aromatic rings. The average molecular weight is 318 g/mol. The Kier molecular flexibility index (Phi) is 4.35. The molecule has 2 rings (SSSR count). The van der Waals surface area contributed by atoms with Crippen LogP contribution in [-0.2, 0) is 6.42 Å². The molecule has 90 valence electrons. The van der Waals surface area contributed by atoms with Gasteiger partial charge in [0.05, 0.1) is 11.6 Å². The van der Waals surface area contributed by atoms with Crippen LogP contribution in [0, 0.1) is 11.3 Å². The molecule has 0 radical (unpaired) electrons. The molecule has 0 bridgehead atoms. The van der Waals surface area contributed by atoms with Crippen LogP contribution in [0.2, 0.25) is 0 Å². The monoisotopic (exact) mass is 317 g/mol. The number of hydrogen-bond donors (Lipinski definition) is 0. The lowest BCUT2D eigenvalue weighted by atomic mass is 10.1. The van der Waals surface area contributed by atoms with E-state index in [0.717, 1.165) is 21.3 Å². The first-order chi connectivity index (χ1) is 8.72. The third-order valence-corrected chi connectivity index (χ3v) is 4.30. The summed E-state index contributed by atoms with van der Waals surface area (Å²) in [6.07, 6.45) is 2.99. The smallest absolute Gasteiger partial charge is 0.0998 e. The largest absolute Gasteiger partial charge is 0.192 e. The van der Waals surface area contributed by atoms with E-state index in [4.69, 9.17) is 0 Å². The van der Waals surface area contributed by atoms with Crippen LogP contribution in [0.4, 0.5) is 0 Å². The van der Waals surface area contributed by atoms with E-state index in [1.54, 1.807) is 11.3 Å². The van der Waals surface area contributed by atoms with Crippen molar-refractivity contribution in [3.63, 3.8) is 0 Å². The summed E-state index contributed by atoms with van der Waals surface area (Å²) in [4.78, 5) is 2.47. The van der Waals surface area contributed by atoms with Gasteiger partial charge in [-0.05, 0) is 42.3 Å². The summed E-state index contributed by atoms with van der Waals surface area (Å²) in [7, 11) is 0. The van der Waals surface area contributed by atoms with Crippen LogP contribution in [0.1, 0.15) is 22.2 Å². The first-order valence-electron chi connectivity index (χ1n) is 5.69. The molecule has 0 fully saturated rings. The molecule has 0 N–H and O–H groups in total. The Morgan fingerprint density at radius 3 is 2.56 bits per heavy atom. The van der Waals surface area contributed by atoms with Crippen molar-refractivity contribution in [3.05, 3.63) is 56.2 Å². The normalized spacial score (nSPS) is 11.3. The van der Waals surface area contributed by atoms with Crippen LogP contribution in [0.15, 0.2) is 40.9 Å². The lowest BCUT2D eigenvalue weighted by Crippen LogP contribution is -1.80. The highest BCUT2D eigenvalue weighted by Crippen LogP contribution is 2.24. The van der Waals surface area contributed by atoms with Gasteiger partial charge in [-0.3, -0.25) is 0 Å². The molecule has 18 heavy (non-hydrogen) atoms. The van der Waals surface area contributed by atoms with E-state index in [1.165, 1.54) is 4.88 Å². The first-order valence-corrected chi connectivity index (χ1v) is 7.30. The molecule has 0 spiro atoms. The quantitative estimate of drug-likeness (QED) is 0.719. The van der Waals surface area contributed by atoms with E-state index in [2.05, 4.69) is 41.1 Å². The van der Waals surface area contributed by atoms with Gasteiger partial charge in [-0.25, -0.2) is 0 Å². The fourth-order valence-electron chi connectivity index (χ4n) is 1.61. The number of hydrogen-bond acceptors (Lipinski definition) is 2. The Bertz CT molecular complexity index is 602. The number of nitrogens with zero attached hydrogens (tertiary/aromatic N) is 1. The zero-order valence-corrected chi connectivity index (χ0v) is 12.4. The second-order valence-electron chi connectivity index (χ2n) is 3.83. The zero-order valence-electron chi connectivity index (χ0n) is 9.98. The van der Waals surface area contributed by atoms with E-state index in [1.807, 2.05) is 30.3 Å². The van der Waals surface area contributed by atoms with Gasteiger partial charge in [0.15, 0.2) is 0 Å². The van der Waals surface area contributed by atoms with Crippen LogP contribution in [-0.4, -0.2) is 0 Å². The van der Waals surface area contributed by atoms with Crippen molar-refractivity contribution < 1.29 is 0 Å². The number of benzene rings is 1. The molecular weight excluding hydrogens is 306 g/mol. The molecule has 0 unspecified atom stereocenters. The van der Waals surface area contributed by atoms with E-state index < -0.39 is 0 Å². The predicted molar refractivity (Wildman–Crippen MR) is 81.3 cm³/mol. The maximum absolute atomic E-state index is 9.25. The number of aryl methyl sites for hydroxylation is 1. The molecule has 1 nitrogen and oxygen atoms in total. The summed E-state index contributed by atoms with van der Waals surface area (Å²) in [5.41, 5.74) is 1.65. The third-order valence-electron chi connectivity index (χ3n) is 2.59. The Hall–Kier alpha value is -1.37. The minimum absolute atomic E-state index is 0.701. The number of allylic oxidation sites excluding steroid dienone is 1. The van der Waals surface area contributed by atoms with Crippen molar-refractivity contribution in [2.45, 2.75) is 13.3 Å². The summed E-state index contributed by atoms with van der Waals surface area (Å²) in [6, 6.07) is 14.3. The molecule has 1 heterocycles. The van der Waals surface area contributed by atoms with Crippen molar-refractivity contribution in [2.24, 2.45) is 0 Å². The van der Waals surface area contributed by atoms with Crippen molar-refractivity contribution in [1.82, 2.24) is 0 Å². The molecule has 0 saturated heterocycles. The molecule has 1 aromatic heterocycles. The second kappa shape index (κ2) is 5.99. The lowest BCUT2D eigenvalue weighted by Gasteiger charge is -1.98. The molecule has 0 atom stereocenters. The Morgan fingerprint density at radius 1 is 1.28 bits per heavy atom. The van der Waals surface area contributed by atoms with E-state index in [0.29, 0.717) is 5.57 Å². The fraction of sp³-hybridized carbons (Fsp3) is 0.133. The highest BCUT2D eigenvalue weighted by molar-refractivity contribution is 9.10. The van der Waals surface area contributed by atoms with Crippen LogP contribution in [0.5, 0.6) is 0 Å². The molecule has 0 amide bonds. The summed E-state index contributed by atoms with van der Waals surface area (Å²) in [5.74, 6) is 0. The zero-order chi connectivity index (χ0) is 13.0. The predicted octanol–water partition coefficient (Wildman–Crippen LogP) is 5.14. The highest BCUT2D eigenvalue weighted by Gasteiger charge is 2.02. The van der Waals surface area contributed by atoms with Gasteiger partial charge in [0, 0.05) is 14.2 Å². The second-order valence-corrected chi connectivity index (χ2v) is 5.95. The van der Waals surface area contributed by atoms with Crippen LogP contribution >= 0.6 is 27.3 Å². The fourth-order valence-corrected chi connectivity index (χ4v) is 2.77. The Morgan fingerprint density at radius 2 is 2.00 bits per heavy atom. The Balaban J connectivity index is 2.33. The number of halogens is 1. The average Bonchev–Trinajstić information content (AvgIpc) is 2.85. The van der Waals surface area contributed by atoms with Gasteiger partial charge in [-0.15, -0.1) is 11.3 Å². The summed E-state index contributed by atoms with van der Waals surface area (Å²) >= 11 is 5.13. The number of thiophene rings is 1. The van der Waals surface area contributed by atoms with Gasteiger partial charge in [0.2, 0.25) is 0 Å². The van der Waals surface area contributed by atoms with Crippen molar-refractivity contribution in [1.29, 1.82) is 5.26 Å². The van der Waals surface area contributed by atoms with Gasteiger partial charge < -0.3 is 0 Å². The van der Waals surface area contributed by atoms with Crippen LogP contribution in [0.25, 0.3) is 11.6 Å². The first kappa shape index (κ1) is 13.1. The molecule has 0 aliphatic carbocycles. The van der Waals surface area contributed by atoms with Gasteiger partial charge in [0.1, 0.15) is 0 Å². The highest BCUT2D eigenvalue weighted by atomic mass is 79.9. The standard InChI is InChI=1S/C15H12BrNS/c1-2-14-7-8-15(18-14)9-12(10-17)11-3-5-13(16)6-4-11/h3-9H,2H2,1H3/b12-9+. The maximum atomic E-state index is 9.25. The van der Waals surface area contributed by atoms with Gasteiger partial charge in [-0.2, -0.15) is 5.26 Å². The minimum Gasteiger partial charge on any atom is -0.192 e. The van der Waals surface area contributed by atoms with E-state index in [-0.39, 0.29) is 0 Å². The lowest BCUT2D eigenvalue weighted by molar-refractivity contribution is 1.19. The maximum Gasteiger partial charge on any atom is 0.0998 e. The summed E-state index contributed by atoms with van der Waals surface area (Å²) in [6.45, 7) is 2.14. The van der Waals surface area contributed by atoms with Gasteiger partial charge in [0.25, 0.3) is 0 Å². The van der Waals surface area contributed by atoms with Crippen LogP contribution in [0.3, 0.4) is 0 Å².